The second kappa shape index (κ2) is 5.55. The van der Waals surface area contributed by atoms with Crippen molar-refractivity contribution in [3.63, 3.8) is 0 Å². The van der Waals surface area contributed by atoms with Gasteiger partial charge in [0.05, 0.1) is 5.75 Å². The highest BCUT2D eigenvalue weighted by Gasteiger charge is 2.23. The van der Waals surface area contributed by atoms with Crippen LogP contribution in [0.1, 0.15) is 26.7 Å². The summed E-state index contributed by atoms with van der Waals surface area (Å²) >= 11 is 1.97. The maximum atomic E-state index is 11.1. The van der Waals surface area contributed by atoms with Gasteiger partial charge in [0, 0.05) is 23.6 Å². The number of rotatable bonds is 4. The Morgan fingerprint density at radius 1 is 1.53 bits per heavy atom. The van der Waals surface area contributed by atoms with E-state index >= 15 is 0 Å². The summed E-state index contributed by atoms with van der Waals surface area (Å²) in [5, 5.41) is 4.02. The van der Waals surface area contributed by atoms with E-state index in [1.54, 1.807) is 0 Å². The minimum Gasteiger partial charge on any atom is -0.309 e. The van der Waals surface area contributed by atoms with E-state index in [1.165, 1.54) is 24.9 Å². The molecule has 5 heteroatoms. The molecule has 0 aromatic rings. The van der Waals surface area contributed by atoms with E-state index in [0.717, 1.165) is 0 Å². The van der Waals surface area contributed by atoms with Crippen molar-refractivity contribution in [2.45, 2.75) is 44.0 Å². The average molecular weight is 251 g/mol. The van der Waals surface area contributed by atoms with Crippen molar-refractivity contribution >= 4 is 21.6 Å². The van der Waals surface area contributed by atoms with Crippen LogP contribution in [0.3, 0.4) is 0 Å². The smallest absolute Gasteiger partial charge is 0.148 e. The van der Waals surface area contributed by atoms with Crippen LogP contribution < -0.4 is 5.32 Å². The summed E-state index contributed by atoms with van der Waals surface area (Å²) in [7, 11) is -2.86. The fraction of sp³-hybridized carbons (Fsp3) is 1.00. The van der Waals surface area contributed by atoms with Gasteiger partial charge >= 0.3 is 0 Å². The van der Waals surface area contributed by atoms with Crippen LogP contribution in [-0.2, 0) is 9.84 Å². The molecule has 1 rings (SSSR count). The lowest BCUT2D eigenvalue weighted by Gasteiger charge is -2.31. The molecule has 0 aromatic carbocycles. The molecule has 0 spiro atoms. The monoisotopic (exact) mass is 251 g/mol. The Morgan fingerprint density at radius 2 is 2.20 bits per heavy atom. The molecule has 0 bridgehead atoms. The third kappa shape index (κ3) is 5.22. The number of sulfone groups is 1. The van der Waals surface area contributed by atoms with Crippen molar-refractivity contribution in [1.82, 2.24) is 5.32 Å². The summed E-state index contributed by atoms with van der Waals surface area (Å²) in [5.74, 6) is 1.47. The number of hydrogen-bond acceptors (Lipinski definition) is 4. The highest BCUT2D eigenvalue weighted by molar-refractivity contribution is 8.00. The second-order valence-corrected chi connectivity index (χ2v) is 8.15. The van der Waals surface area contributed by atoms with Crippen LogP contribution in [0.15, 0.2) is 0 Å². The van der Waals surface area contributed by atoms with Crippen LogP contribution in [0.5, 0.6) is 0 Å². The maximum Gasteiger partial charge on any atom is 0.148 e. The molecule has 1 fully saturated rings. The van der Waals surface area contributed by atoms with Gasteiger partial charge in [-0.15, -0.1) is 0 Å². The van der Waals surface area contributed by atoms with Gasteiger partial charge in [-0.05, 0) is 25.5 Å². The number of hydrogen-bond donors (Lipinski definition) is 1. The van der Waals surface area contributed by atoms with E-state index in [4.69, 9.17) is 0 Å². The summed E-state index contributed by atoms with van der Waals surface area (Å²) in [5.41, 5.74) is 0. The lowest BCUT2D eigenvalue weighted by atomic mass is 10.1. The first-order valence-electron chi connectivity index (χ1n) is 5.44. The number of thioether (sulfide) groups is 1. The van der Waals surface area contributed by atoms with Gasteiger partial charge in [0.2, 0.25) is 0 Å². The quantitative estimate of drug-likeness (QED) is 0.818. The van der Waals surface area contributed by atoms with Crippen LogP contribution in [0.25, 0.3) is 0 Å². The number of nitrogens with one attached hydrogen (secondary N) is 1. The van der Waals surface area contributed by atoms with Crippen molar-refractivity contribution in [1.29, 1.82) is 0 Å². The first kappa shape index (κ1) is 13.3. The van der Waals surface area contributed by atoms with E-state index in [0.29, 0.717) is 11.3 Å². The van der Waals surface area contributed by atoms with E-state index < -0.39 is 9.84 Å². The Bertz CT molecular complexity index is 290. The van der Waals surface area contributed by atoms with E-state index in [9.17, 15) is 8.42 Å². The zero-order chi connectivity index (χ0) is 11.5. The molecule has 3 atom stereocenters. The molecule has 1 N–H and O–H groups in total. The summed E-state index contributed by atoms with van der Waals surface area (Å²) < 4.78 is 22.2. The van der Waals surface area contributed by atoms with Gasteiger partial charge in [-0.3, -0.25) is 0 Å². The van der Waals surface area contributed by atoms with Gasteiger partial charge in [-0.25, -0.2) is 8.42 Å². The maximum absolute atomic E-state index is 11.1. The molecule has 3 unspecified atom stereocenters. The minimum absolute atomic E-state index is 0.0612. The molecule has 0 aromatic heterocycles. The summed E-state index contributed by atoms with van der Waals surface area (Å²) in [6, 6.07) is 0.534. The molecular weight excluding hydrogens is 230 g/mol. The van der Waals surface area contributed by atoms with Gasteiger partial charge < -0.3 is 5.32 Å². The standard InChI is InChI=1S/C10H21NO2S2/c1-8(7-15(3,12)13)11-10-5-4-6-14-9(10)2/h8-11H,4-7H2,1-3H3. The first-order chi connectivity index (χ1) is 6.88. The Kier molecular flexibility index (Phi) is 4.93. The van der Waals surface area contributed by atoms with E-state index in [1.807, 2.05) is 18.7 Å². The van der Waals surface area contributed by atoms with Crippen molar-refractivity contribution in [2.24, 2.45) is 0 Å². The third-order valence-electron chi connectivity index (χ3n) is 2.66. The normalized spacial score (nSPS) is 30.1. The lowest BCUT2D eigenvalue weighted by molar-refractivity contribution is 0.424. The van der Waals surface area contributed by atoms with E-state index in [-0.39, 0.29) is 11.8 Å². The van der Waals surface area contributed by atoms with Gasteiger partial charge in [-0.1, -0.05) is 6.92 Å². The van der Waals surface area contributed by atoms with Crippen molar-refractivity contribution in [3.05, 3.63) is 0 Å². The molecule has 1 saturated heterocycles. The highest BCUT2D eigenvalue weighted by atomic mass is 32.2. The first-order valence-corrected chi connectivity index (χ1v) is 8.55. The molecule has 3 nitrogen and oxygen atoms in total. The van der Waals surface area contributed by atoms with Crippen molar-refractivity contribution in [2.75, 3.05) is 17.8 Å². The molecule has 1 aliphatic rings. The molecule has 0 aliphatic carbocycles. The highest BCUT2D eigenvalue weighted by Crippen LogP contribution is 2.25. The fourth-order valence-corrected chi connectivity index (χ4v) is 4.17. The largest absolute Gasteiger partial charge is 0.309 e. The van der Waals surface area contributed by atoms with Crippen LogP contribution in [0, 0.1) is 0 Å². The SMILES string of the molecule is CC(CS(C)(=O)=O)NC1CCCSC1C. The van der Waals surface area contributed by atoms with Gasteiger partial charge in [0.15, 0.2) is 0 Å². The van der Waals surface area contributed by atoms with Crippen molar-refractivity contribution in [3.8, 4) is 0 Å². The van der Waals surface area contributed by atoms with Crippen LogP contribution >= 0.6 is 11.8 Å². The Balaban J connectivity index is 2.39. The predicted octanol–water partition coefficient (Wildman–Crippen LogP) is 1.29. The zero-order valence-corrected chi connectivity index (χ0v) is 11.3. The molecule has 90 valence electrons. The molecule has 15 heavy (non-hydrogen) atoms. The lowest BCUT2D eigenvalue weighted by Crippen LogP contribution is -2.46. The van der Waals surface area contributed by atoms with Crippen LogP contribution in [-0.4, -0.2) is 43.5 Å². The average Bonchev–Trinajstić information content (AvgIpc) is 2.05. The molecular formula is C10H21NO2S2. The zero-order valence-electron chi connectivity index (χ0n) is 9.69. The minimum atomic E-state index is -2.86. The Morgan fingerprint density at radius 3 is 2.73 bits per heavy atom. The fourth-order valence-electron chi connectivity index (χ4n) is 2.01. The van der Waals surface area contributed by atoms with Gasteiger partial charge in [0.25, 0.3) is 0 Å². The molecule has 0 radical (unpaired) electrons. The Hall–Kier alpha value is 0.260. The predicted molar refractivity (Wildman–Crippen MR) is 67.3 cm³/mol. The Labute approximate surface area is 97.3 Å². The van der Waals surface area contributed by atoms with Gasteiger partial charge in [-0.2, -0.15) is 11.8 Å². The van der Waals surface area contributed by atoms with Crippen LogP contribution in [0.4, 0.5) is 0 Å². The summed E-state index contributed by atoms with van der Waals surface area (Å²) in [6.07, 6.45) is 3.70. The molecule has 0 saturated carbocycles. The summed E-state index contributed by atoms with van der Waals surface area (Å²) in [4.78, 5) is 0. The van der Waals surface area contributed by atoms with E-state index in [2.05, 4.69) is 12.2 Å². The molecule has 1 aliphatic heterocycles. The second-order valence-electron chi connectivity index (χ2n) is 4.48. The third-order valence-corrected chi connectivity index (χ3v) is 5.14. The van der Waals surface area contributed by atoms with Crippen molar-refractivity contribution < 1.29 is 8.42 Å². The van der Waals surface area contributed by atoms with Crippen LogP contribution in [0.2, 0.25) is 0 Å². The molecule has 1 heterocycles. The van der Waals surface area contributed by atoms with Gasteiger partial charge in [0.1, 0.15) is 9.84 Å². The molecule has 0 amide bonds. The topological polar surface area (TPSA) is 46.2 Å². The summed E-state index contributed by atoms with van der Waals surface area (Å²) in [6.45, 7) is 4.17.